The fraction of sp³-hybridized carbons (Fsp3) is 0.438. The summed E-state index contributed by atoms with van der Waals surface area (Å²) in [5.41, 5.74) is 0.284. The van der Waals surface area contributed by atoms with Crippen LogP contribution in [0.3, 0.4) is 0 Å². The Hall–Kier alpha value is -2.26. The van der Waals surface area contributed by atoms with Gasteiger partial charge < -0.3 is 9.88 Å². The first-order valence-corrected chi connectivity index (χ1v) is 9.72. The van der Waals surface area contributed by atoms with E-state index in [0.717, 1.165) is 37.5 Å². The number of aryl methyl sites for hydroxylation is 1. The number of nitrogens with one attached hydrogen (secondary N) is 2. The molecule has 0 spiro atoms. The van der Waals surface area contributed by atoms with Crippen molar-refractivity contribution < 1.29 is 13.2 Å². The SMILES string of the molecule is CNS(=O)(=O)c1cccc(C(=O)NCc2nnc3n2CCCCC3)c1. The fourth-order valence-corrected chi connectivity index (χ4v) is 3.64. The Morgan fingerprint density at radius 3 is 2.88 bits per heavy atom. The summed E-state index contributed by atoms with van der Waals surface area (Å²) in [6.45, 7) is 1.12. The zero-order valence-corrected chi connectivity index (χ0v) is 14.8. The third kappa shape index (κ3) is 3.88. The fourth-order valence-electron chi connectivity index (χ4n) is 2.86. The van der Waals surface area contributed by atoms with E-state index < -0.39 is 10.0 Å². The van der Waals surface area contributed by atoms with Gasteiger partial charge in [0.25, 0.3) is 5.91 Å². The second-order valence-electron chi connectivity index (χ2n) is 5.91. The third-order valence-electron chi connectivity index (χ3n) is 4.27. The highest BCUT2D eigenvalue weighted by Gasteiger charge is 2.17. The predicted octanol–water partition coefficient (Wildman–Crippen LogP) is 0.843. The molecule has 1 amide bonds. The minimum atomic E-state index is -3.58. The van der Waals surface area contributed by atoms with Gasteiger partial charge in [-0.2, -0.15) is 0 Å². The van der Waals surface area contributed by atoms with Crippen LogP contribution in [0.25, 0.3) is 0 Å². The lowest BCUT2D eigenvalue weighted by molar-refractivity contribution is 0.0949. The number of hydrogen-bond acceptors (Lipinski definition) is 5. The molecule has 8 nitrogen and oxygen atoms in total. The maximum atomic E-state index is 12.4. The third-order valence-corrected chi connectivity index (χ3v) is 5.68. The van der Waals surface area contributed by atoms with Crippen LogP contribution in [0.4, 0.5) is 0 Å². The molecule has 0 saturated carbocycles. The van der Waals surface area contributed by atoms with Crippen molar-refractivity contribution in [3.05, 3.63) is 41.5 Å². The minimum Gasteiger partial charge on any atom is -0.345 e. The molecule has 3 rings (SSSR count). The quantitative estimate of drug-likeness (QED) is 0.819. The van der Waals surface area contributed by atoms with Gasteiger partial charge in [0.05, 0.1) is 11.4 Å². The summed E-state index contributed by atoms with van der Waals surface area (Å²) in [7, 11) is -2.25. The van der Waals surface area contributed by atoms with Crippen LogP contribution in [-0.2, 0) is 29.5 Å². The van der Waals surface area contributed by atoms with Crippen molar-refractivity contribution in [2.75, 3.05) is 7.05 Å². The molecule has 2 aromatic rings. The molecule has 1 aliphatic rings. The van der Waals surface area contributed by atoms with Gasteiger partial charge >= 0.3 is 0 Å². The number of fused-ring (bicyclic) bond motifs is 1. The highest BCUT2D eigenvalue weighted by molar-refractivity contribution is 7.89. The van der Waals surface area contributed by atoms with Crippen LogP contribution in [0, 0.1) is 0 Å². The first-order valence-electron chi connectivity index (χ1n) is 8.24. The molecule has 134 valence electrons. The number of hydrogen-bond donors (Lipinski definition) is 2. The number of carbonyl (C=O) groups excluding carboxylic acids is 1. The van der Waals surface area contributed by atoms with Crippen molar-refractivity contribution in [3.8, 4) is 0 Å². The molecular formula is C16H21N5O3S. The normalized spacial score (nSPS) is 14.6. The van der Waals surface area contributed by atoms with Crippen molar-refractivity contribution in [2.45, 2.75) is 43.7 Å². The zero-order chi connectivity index (χ0) is 17.9. The van der Waals surface area contributed by atoms with E-state index in [1.165, 1.54) is 25.6 Å². The number of nitrogens with zero attached hydrogens (tertiary/aromatic N) is 3. The molecule has 0 aliphatic carbocycles. The molecule has 2 heterocycles. The lowest BCUT2D eigenvalue weighted by atomic mass is 10.2. The molecule has 25 heavy (non-hydrogen) atoms. The minimum absolute atomic E-state index is 0.0546. The number of amides is 1. The molecule has 1 aromatic heterocycles. The second-order valence-corrected chi connectivity index (χ2v) is 7.80. The largest absolute Gasteiger partial charge is 0.345 e. The van der Waals surface area contributed by atoms with Crippen LogP contribution in [0.15, 0.2) is 29.2 Å². The summed E-state index contributed by atoms with van der Waals surface area (Å²) >= 11 is 0. The van der Waals surface area contributed by atoms with Gasteiger partial charge in [0.1, 0.15) is 5.82 Å². The highest BCUT2D eigenvalue weighted by atomic mass is 32.2. The standard InChI is InChI=1S/C16H21N5O3S/c1-17-25(23,24)13-7-5-6-12(10-13)16(22)18-11-15-20-19-14-8-3-2-4-9-21(14)15/h5-7,10,17H,2-4,8-9,11H2,1H3,(H,18,22). The topological polar surface area (TPSA) is 106 Å². The maximum absolute atomic E-state index is 12.4. The van der Waals surface area contributed by atoms with E-state index in [1.807, 2.05) is 0 Å². The van der Waals surface area contributed by atoms with E-state index in [0.29, 0.717) is 0 Å². The number of sulfonamides is 1. The smallest absolute Gasteiger partial charge is 0.251 e. The Balaban J connectivity index is 1.72. The van der Waals surface area contributed by atoms with Gasteiger partial charge in [-0.1, -0.05) is 12.5 Å². The lowest BCUT2D eigenvalue weighted by Gasteiger charge is -2.09. The van der Waals surface area contributed by atoms with Crippen LogP contribution in [0.1, 0.15) is 41.3 Å². The van der Waals surface area contributed by atoms with Crippen molar-refractivity contribution in [1.29, 1.82) is 0 Å². The number of benzene rings is 1. The summed E-state index contributed by atoms with van der Waals surface area (Å²) in [5, 5.41) is 11.2. The van der Waals surface area contributed by atoms with Crippen molar-refractivity contribution >= 4 is 15.9 Å². The van der Waals surface area contributed by atoms with E-state index >= 15 is 0 Å². The molecule has 0 radical (unpaired) electrons. The maximum Gasteiger partial charge on any atom is 0.251 e. The average molecular weight is 363 g/mol. The Morgan fingerprint density at radius 1 is 1.24 bits per heavy atom. The first-order chi connectivity index (χ1) is 12.0. The van der Waals surface area contributed by atoms with E-state index in [1.54, 1.807) is 12.1 Å². The van der Waals surface area contributed by atoms with Gasteiger partial charge in [0.15, 0.2) is 5.82 Å². The van der Waals surface area contributed by atoms with Crippen LogP contribution in [0.5, 0.6) is 0 Å². The van der Waals surface area contributed by atoms with Gasteiger partial charge in [0, 0.05) is 18.5 Å². The van der Waals surface area contributed by atoms with Crippen molar-refractivity contribution in [1.82, 2.24) is 24.8 Å². The molecule has 0 fully saturated rings. The molecule has 1 aromatic carbocycles. The molecular weight excluding hydrogens is 342 g/mol. The van der Waals surface area contributed by atoms with Gasteiger partial charge in [-0.05, 0) is 38.1 Å². The van der Waals surface area contributed by atoms with Gasteiger partial charge in [-0.3, -0.25) is 4.79 Å². The second kappa shape index (κ2) is 7.32. The monoisotopic (exact) mass is 363 g/mol. The summed E-state index contributed by atoms with van der Waals surface area (Å²) in [6.07, 6.45) is 4.26. The summed E-state index contributed by atoms with van der Waals surface area (Å²) < 4.78 is 28.0. The molecule has 1 aliphatic heterocycles. The van der Waals surface area contributed by atoms with E-state index in [9.17, 15) is 13.2 Å². The van der Waals surface area contributed by atoms with Crippen molar-refractivity contribution in [3.63, 3.8) is 0 Å². The number of carbonyl (C=O) groups is 1. The van der Waals surface area contributed by atoms with Crippen molar-refractivity contribution in [2.24, 2.45) is 0 Å². The number of aromatic nitrogens is 3. The summed E-state index contributed by atoms with van der Waals surface area (Å²) in [5.74, 6) is 1.34. The summed E-state index contributed by atoms with van der Waals surface area (Å²) in [6, 6.07) is 5.92. The molecule has 0 unspecified atom stereocenters. The molecule has 0 saturated heterocycles. The van der Waals surface area contributed by atoms with E-state index in [2.05, 4.69) is 24.8 Å². The molecule has 9 heteroatoms. The summed E-state index contributed by atoms with van der Waals surface area (Å²) in [4.78, 5) is 12.4. The zero-order valence-electron chi connectivity index (χ0n) is 14.0. The van der Waals surface area contributed by atoms with Gasteiger partial charge in [0.2, 0.25) is 10.0 Å². The first kappa shape index (κ1) is 17.6. The Kier molecular flexibility index (Phi) is 5.14. The van der Waals surface area contributed by atoms with E-state index in [-0.39, 0.29) is 22.9 Å². The van der Waals surface area contributed by atoms with E-state index in [4.69, 9.17) is 0 Å². The average Bonchev–Trinajstić information content (AvgIpc) is 2.86. The molecule has 2 N–H and O–H groups in total. The predicted molar refractivity (Wildman–Crippen MR) is 91.4 cm³/mol. The van der Waals surface area contributed by atoms with Crippen LogP contribution in [-0.4, -0.2) is 36.1 Å². The van der Waals surface area contributed by atoms with Gasteiger partial charge in [-0.25, -0.2) is 13.1 Å². The van der Waals surface area contributed by atoms with Crippen LogP contribution in [0.2, 0.25) is 0 Å². The Labute approximate surface area is 146 Å². The lowest BCUT2D eigenvalue weighted by Crippen LogP contribution is -2.25. The highest BCUT2D eigenvalue weighted by Crippen LogP contribution is 2.15. The number of rotatable bonds is 5. The van der Waals surface area contributed by atoms with Crippen LogP contribution < -0.4 is 10.0 Å². The van der Waals surface area contributed by atoms with Gasteiger partial charge in [-0.15, -0.1) is 10.2 Å². The van der Waals surface area contributed by atoms with Crippen LogP contribution >= 0.6 is 0 Å². The Bertz CT molecular complexity index is 876. The molecule has 0 atom stereocenters. The Morgan fingerprint density at radius 2 is 2.08 bits per heavy atom. The molecule has 0 bridgehead atoms.